The molecule has 23 heavy (non-hydrogen) atoms. The van der Waals surface area contributed by atoms with Crippen LogP contribution in [0.2, 0.25) is 0 Å². The van der Waals surface area contributed by atoms with Crippen molar-refractivity contribution in [1.82, 2.24) is 10.2 Å². The number of benzene rings is 1. The van der Waals surface area contributed by atoms with Gasteiger partial charge < -0.3 is 10.2 Å². The van der Waals surface area contributed by atoms with E-state index in [9.17, 15) is 4.79 Å². The van der Waals surface area contributed by atoms with E-state index in [0.29, 0.717) is 12.6 Å². The number of nitrogens with zero attached hydrogens (tertiary/aromatic N) is 2. The smallest absolute Gasteiger partial charge is 0.295 e. The highest BCUT2D eigenvalue weighted by molar-refractivity contribution is 5.93. The van der Waals surface area contributed by atoms with Gasteiger partial charge in [-0.1, -0.05) is 18.1 Å². The largest absolute Gasteiger partial charge is 0.366 e. The van der Waals surface area contributed by atoms with E-state index in [1.807, 2.05) is 0 Å². The Labute approximate surface area is 139 Å². The van der Waals surface area contributed by atoms with Gasteiger partial charge in [-0.05, 0) is 57.4 Å². The van der Waals surface area contributed by atoms with E-state index in [-0.39, 0.29) is 5.91 Å². The highest BCUT2D eigenvalue weighted by Gasteiger charge is 2.23. The number of nitrogens with one attached hydrogen (secondary N) is 1. The number of aryl methyl sites for hydroxylation is 1. The molecule has 1 heterocycles. The van der Waals surface area contributed by atoms with Gasteiger partial charge in [0.05, 0.1) is 0 Å². The van der Waals surface area contributed by atoms with Gasteiger partial charge in [0.15, 0.2) is 0 Å². The minimum absolute atomic E-state index is 0.176. The average molecular weight is 313 g/mol. The molecule has 1 fully saturated rings. The lowest BCUT2D eigenvalue weighted by Crippen LogP contribution is -2.52. The number of rotatable bonds is 5. The fourth-order valence-electron chi connectivity index (χ4n) is 3.09. The Morgan fingerprint density at radius 1 is 1.39 bits per heavy atom. The molecule has 0 saturated carbocycles. The molecule has 2 rings (SSSR count). The Hall–Kier alpha value is -1.99. The zero-order valence-corrected chi connectivity index (χ0v) is 14.4. The first-order valence-corrected chi connectivity index (χ1v) is 8.36. The van der Waals surface area contributed by atoms with Crippen LogP contribution in [-0.2, 0) is 4.79 Å². The predicted molar refractivity (Wildman–Crippen MR) is 95.5 cm³/mol. The molecule has 0 aromatic heterocycles. The van der Waals surface area contributed by atoms with Gasteiger partial charge in [0.1, 0.15) is 0 Å². The van der Waals surface area contributed by atoms with Crippen LogP contribution in [0, 0.1) is 18.8 Å². The van der Waals surface area contributed by atoms with Crippen LogP contribution in [0.15, 0.2) is 24.3 Å². The van der Waals surface area contributed by atoms with E-state index >= 15 is 0 Å². The van der Waals surface area contributed by atoms with Crippen LogP contribution in [0.1, 0.15) is 25.8 Å². The molecule has 0 bridgehead atoms. The van der Waals surface area contributed by atoms with Crippen LogP contribution in [0.25, 0.3) is 0 Å². The molecule has 1 saturated heterocycles. The number of piperazine rings is 1. The summed E-state index contributed by atoms with van der Waals surface area (Å²) in [6.45, 7) is 11.0. The second-order valence-corrected chi connectivity index (χ2v) is 6.17. The maximum atomic E-state index is 11.3. The van der Waals surface area contributed by atoms with Crippen LogP contribution in [0.4, 0.5) is 5.69 Å². The van der Waals surface area contributed by atoms with Gasteiger partial charge in [-0.3, -0.25) is 9.69 Å². The topological polar surface area (TPSA) is 35.6 Å². The Bertz CT molecular complexity index is 588. The van der Waals surface area contributed by atoms with Crippen molar-refractivity contribution in [3.05, 3.63) is 29.8 Å². The number of amides is 1. The van der Waals surface area contributed by atoms with Crippen molar-refractivity contribution in [2.24, 2.45) is 0 Å². The second kappa shape index (κ2) is 8.59. The number of anilines is 1. The highest BCUT2D eigenvalue weighted by atomic mass is 16.1. The molecule has 4 heteroatoms. The summed E-state index contributed by atoms with van der Waals surface area (Å²) in [5.74, 6) is 4.93. The maximum Gasteiger partial charge on any atom is 0.295 e. The summed E-state index contributed by atoms with van der Waals surface area (Å²) in [7, 11) is 0. The average Bonchev–Trinajstić information content (AvgIpc) is 2.52. The molecular formula is C19H27N3O. The number of hydrogen-bond donors (Lipinski definition) is 1. The standard InChI is InChI=1S/C19H27N3O/c1-4-7-19(23)20-10-6-11-21-12-13-22(17(3)15-21)18-9-5-8-16(2)14-18/h5,8-9,14,17H,6,10-13,15H2,1-3H3,(H,20,23). The van der Waals surface area contributed by atoms with Crippen LogP contribution >= 0.6 is 0 Å². The molecule has 1 atom stereocenters. The molecule has 1 aromatic carbocycles. The Kier molecular flexibility index (Phi) is 6.49. The fraction of sp³-hybridized carbons (Fsp3) is 0.526. The molecule has 124 valence electrons. The van der Waals surface area contributed by atoms with Crippen molar-refractivity contribution in [1.29, 1.82) is 0 Å². The van der Waals surface area contributed by atoms with Crippen molar-refractivity contribution < 1.29 is 4.79 Å². The summed E-state index contributed by atoms with van der Waals surface area (Å²) in [5.41, 5.74) is 2.63. The predicted octanol–water partition coefficient (Wildman–Crippen LogP) is 2.04. The van der Waals surface area contributed by atoms with Gasteiger partial charge in [-0.25, -0.2) is 0 Å². The zero-order valence-electron chi connectivity index (χ0n) is 14.4. The van der Waals surface area contributed by atoms with E-state index < -0.39 is 0 Å². The Morgan fingerprint density at radius 3 is 2.91 bits per heavy atom. The minimum atomic E-state index is -0.176. The van der Waals surface area contributed by atoms with Crippen molar-refractivity contribution >= 4 is 11.6 Å². The van der Waals surface area contributed by atoms with E-state index in [4.69, 9.17) is 0 Å². The van der Waals surface area contributed by atoms with E-state index in [2.05, 4.69) is 65.1 Å². The number of carbonyl (C=O) groups excluding carboxylic acids is 1. The van der Waals surface area contributed by atoms with E-state index in [0.717, 1.165) is 32.6 Å². The summed E-state index contributed by atoms with van der Waals surface area (Å²) in [6, 6.07) is 9.23. The molecule has 0 spiro atoms. The number of hydrogen-bond acceptors (Lipinski definition) is 3. The quantitative estimate of drug-likeness (QED) is 0.667. The van der Waals surface area contributed by atoms with Crippen molar-refractivity contribution in [3.8, 4) is 11.8 Å². The maximum absolute atomic E-state index is 11.3. The van der Waals surface area contributed by atoms with Gasteiger partial charge in [-0.15, -0.1) is 0 Å². The molecule has 1 aliphatic rings. The molecule has 1 aromatic rings. The summed E-state index contributed by atoms with van der Waals surface area (Å²) < 4.78 is 0. The first kappa shape index (κ1) is 17.4. The lowest BCUT2D eigenvalue weighted by Gasteiger charge is -2.41. The van der Waals surface area contributed by atoms with Crippen LogP contribution in [0.5, 0.6) is 0 Å². The van der Waals surface area contributed by atoms with Crippen molar-refractivity contribution in [2.75, 3.05) is 37.6 Å². The van der Waals surface area contributed by atoms with Gasteiger partial charge >= 0.3 is 0 Å². The molecule has 0 radical (unpaired) electrons. The molecular weight excluding hydrogens is 286 g/mol. The fourth-order valence-corrected chi connectivity index (χ4v) is 3.09. The molecule has 0 aliphatic carbocycles. The van der Waals surface area contributed by atoms with Crippen LogP contribution < -0.4 is 10.2 Å². The normalized spacial score (nSPS) is 18.2. The Balaban J connectivity index is 1.75. The monoisotopic (exact) mass is 313 g/mol. The summed E-state index contributed by atoms with van der Waals surface area (Å²) in [4.78, 5) is 16.2. The third-order valence-corrected chi connectivity index (χ3v) is 4.22. The lowest BCUT2D eigenvalue weighted by molar-refractivity contribution is -0.115. The van der Waals surface area contributed by atoms with Crippen LogP contribution in [0.3, 0.4) is 0 Å². The molecule has 1 N–H and O–H groups in total. The van der Waals surface area contributed by atoms with Crippen molar-refractivity contribution in [2.45, 2.75) is 33.2 Å². The first-order chi connectivity index (χ1) is 11.1. The third-order valence-electron chi connectivity index (χ3n) is 4.22. The van der Waals surface area contributed by atoms with Gasteiger partial charge in [0.2, 0.25) is 0 Å². The van der Waals surface area contributed by atoms with Crippen molar-refractivity contribution in [3.63, 3.8) is 0 Å². The molecule has 4 nitrogen and oxygen atoms in total. The Morgan fingerprint density at radius 2 is 2.22 bits per heavy atom. The van der Waals surface area contributed by atoms with Gasteiger partial charge in [-0.2, -0.15) is 0 Å². The zero-order chi connectivity index (χ0) is 16.7. The highest BCUT2D eigenvalue weighted by Crippen LogP contribution is 2.21. The summed E-state index contributed by atoms with van der Waals surface area (Å²) in [5, 5.41) is 2.83. The third kappa shape index (κ3) is 5.30. The van der Waals surface area contributed by atoms with E-state index in [1.54, 1.807) is 6.92 Å². The molecule has 1 amide bonds. The second-order valence-electron chi connectivity index (χ2n) is 6.17. The summed E-state index contributed by atoms with van der Waals surface area (Å²) in [6.07, 6.45) is 0.967. The van der Waals surface area contributed by atoms with E-state index in [1.165, 1.54) is 11.3 Å². The first-order valence-electron chi connectivity index (χ1n) is 8.36. The SMILES string of the molecule is CC#CC(=O)NCCCN1CCN(c2cccc(C)c2)C(C)C1. The summed E-state index contributed by atoms with van der Waals surface area (Å²) >= 11 is 0. The van der Waals surface area contributed by atoms with Gasteiger partial charge in [0.25, 0.3) is 5.91 Å². The molecule has 1 unspecified atom stereocenters. The van der Waals surface area contributed by atoms with Gasteiger partial charge in [0, 0.05) is 37.9 Å². The van der Waals surface area contributed by atoms with Crippen LogP contribution in [-0.4, -0.2) is 49.6 Å². The lowest BCUT2D eigenvalue weighted by atomic mass is 10.1. The molecule has 1 aliphatic heterocycles. The number of carbonyl (C=O) groups is 1. The minimum Gasteiger partial charge on any atom is -0.366 e.